The highest BCUT2D eigenvalue weighted by Crippen LogP contribution is 2.59. The number of ether oxygens (including phenoxy) is 8. The lowest BCUT2D eigenvalue weighted by Crippen LogP contribution is -2.53. The van der Waals surface area contributed by atoms with Crippen molar-refractivity contribution >= 4 is 90.6 Å². The standard InChI is InChI=1S/C90H76F6N2O16/c1-15-69(99)111-55-19-17-21-57(39-55)113-83(105)63(45-89(91,92)93)97-79(101)59-41-65(107-51-31-23-47(24-32-51)85(3,4)5)73-75-67(109-53-35-27-49(28-36-53)87(9,10)11)43-61-72-62(82(104)98(81(61)103)64(46-90(94,95)96)84(106)114-58-22-18-20-56(40-58)112-70(100)16-2)44-68(110-54-37-29-50(30-38-54)88(12,13)14)76(78(72)75)74-66(42-60(80(97)102)71(59)77(73)74)108-52-33-25-48(26-34-52)86(6,7)8/h15-44,63-64H,1-2,45-46H2,3-14H3. The van der Waals surface area contributed by atoms with Gasteiger partial charge in [0, 0.05) is 67.4 Å². The summed E-state index contributed by atoms with van der Waals surface area (Å²) >= 11 is 0. The summed E-state index contributed by atoms with van der Waals surface area (Å²) in [6, 6.07) is 35.4. The molecular formula is C90H76F6N2O16. The SMILES string of the molecule is C=CC(=O)Oc1cccc(OC(=O)C(CC(F)(F)F)N2C(=O)c3cc(Oc4ccc(C(C)(C)C)cc4)c4c5c(Oc6ccc(C(C)(C)C)cc6)cc6c7c(cc(Oc8ccc(C(C)(C)C)cc8)c(c8c(Oc9ccc(C(C)(C)C)cc9)cc(c3c48)C2=O)c75)C(=O)N(C(CC(F)(F)F)C(=O)Oc2cccc(OC(=O)C=C)c2)C6=O)c1. The summed E-state index contributed by atoms with van der Waals surface area (Å²) in [6.07, 6.45) is -13.3. The molecule has 0 aromatic heterocycles. The number of rotatable bonds is 20. The second kappa shape index (κ2) is 29.3. The smallest absolute Gasteiger partial charge is 0.391 e. The maximum atomic E-state index is 16.3. The van der Waals surface area contributed by atoms with Crippen LogP contribution in [-0.4, -0.2) is 81.7 Å². The molecule has 24 heteroatoms. The molecule has 0 radical (unpaired) electrons. The summed E-state index contributed by atoms with van der Waals surface area (Å²) in [5.41, 5.74) is -0.620. The van der Waals surface area contributed by atoms with Gasteiger partial charge in [0.15, 0.2) is 0 Å². The van der Waals surface area contributed by atoms with Crippen LogP contribution in [0.2, 0.25) is 0 Å². The molecule has 0 aliphatic carbocycles. The van der Waals surface area contributed by atoms with Gasteiger partial charge in [-0.2, -0.15) is 26.3 Å². The van der Waals surface area contributed by atoms with Crippen molar-refractivity contribution in [2.75, 3.05) is 0 Å². The first kappa shape index (κ1) is 79.2. The predicted octanol–water partition coefficient (Wildman–Crippen LogP) is 21.3. The van der Waals surface area contributed by atoms with Gasteiger partial charge in [-0.05, 0) is 141 Å². The Labute approximate surface area is 650 Å². The molecule has 18 nitrogen and oxygen atoms in total. The van der Waals surface area contributed by atoms with Crippen LogP contribution in [0.1, 0.15) is 160 Å². The van der Waals surface area contributed by atoms with Crippen molar-refractivity contribution in [1.29, 1.82) is 0 Å². The van der Waals surface area contributed by atoms with Gasteiger partial charge in [-0.1, -0.05) is 157 Å². The van der Waals surface area contributed by atoms with Crippen molar-refractivity contribution in [1.82, 2.24) is 9.80 Å². The minimum atomic E-state index is -5.31. The van der Waals surface area contributed by atoms with Crippen LogP contribution in [0.3, 0.4) is 0 Å². The Morgan fingerprint density at radius 3 is 0.763 bits per heavy atom. The topological polar surface area (TPSA) is 217 Å². The molecule has 2 aliphatic rings. The van der Waals surface area contributed by atoms with E-state index in [1.54, 1.807) is 97.1 Å². The summed E-state index contributed by atoms with van der Waals surface area (Å²) in [7, 11) is 0. The average molecular weight is 1560 g/mol. The van der Waals surface area contributed by atoms with Gasteiger partial charge in [-0.25, -0.2) is 19.2 Å². The molecule has 2 heterocycles. The predicted molar refractivity (Wildman–Crippen MR) is 414 cm³/mol. The number of carbonyl (C=O) groups excluding carboxylic acids is 8. The number of amides is 4. The van der Waals surface area contributed by atoms with E-state index >= 15 is 45.5 Å². The third kappa shape index (κ3) is 15.9. The molecule has 2 atom stereocenters. The molecule has 0 spiro atoms. The molecule has 114 heavy (non-hydrogen) atoms. The van der Waals surface area contributed by atoms with E-state index in [1.165, 1.54) is 24.3 Å². The summed E-state index contributed by atoms with van der Waals surface area (Å²) in [6.45, 7) is 30.3. The molecule has 0 N–H and O–H groups in total. The van der Waals surface area contributed by atoms with Gasteiger partial charge in [0.2, 0.25) is 0 Å². The molecule has 2 aliphatic heterocycles. The third-order valence-electron chi connectivity index (χ3n) is 19.6. The van der Waals surface area contributed by atoms with Crippen molar-refractivity contribution in [2.24, 2.45) is 0 Å². The van der Waals surface area contributed by atoms with Crippen molar-refractivity contribution in [2.45, 2.75) is 142 Å². The van der Waals surface area contributed by atoms with E-state index < -0.39 is 140 Å². The summed E-state index contributed by atoms with van der Waals surface area (Å²) in [4.78, 5) is 120. The van der Waals surface area contributed by atoms with Gasteiger partial charge in [0.25, 0.3) is 23.6 Å². The largest absolute Gasteiger partial charge is 0.457 e. The molecule has 0 saturated heterocycles. The van der Waals surface area contributed by atoms with Gasteiger partial charge in [0.05, 0.1) is 35.1 Å². The number of fused-ring (bicyclic) bond motifs is 2. The number of carbonyl (C=O) groups is 8. The number of alkyl halides is 6. The van der Waals surface area contributed by atoms with Gasteiger partial charge < -0.3 is 37.9 Å². The van der Waals surface area contributed by atoms with Crippen LogP contribution >= 0.6 is 0 Å². The number of benzene rings is 11. The molecule has 11 aromatic carbocycles. The Morgan fingerprint density at radius 1 is 0.325 bits per heavy atom. The van der Waals surface area contributed by atoms with Crippen LogP contribution in [0.15, 0.2) is 195 Å². The van der Waals surface area contributed by atoms with Crippen LogP contribution in [0, 0.1) is 0 Å². The maximum absolute atomic E-state index is 16.3. The van der Waals surface area contributed by atoms with E-state index in [9.17, 15) is 19.2 Å². The molecule has 0 bridgehead atoms. The van der Waals surface area contributed by atoms with E-state index in [1.807, 2.05) is 83.1 Å². The number of halogens is 6. The van der Waals surface area contributed by atoms with Gasteiger partial charge >= 0.3 is 36.2 Å². The van der Waals surface area contributed by atoms with E-state index in [0.29, 0.717) is 0 Å². The summed E-state index contributed by atoms with van der Waals surface area (Å²) in [5, 5.41) is -1.21. The molecular weight excluding hydrogens is 1480 g/mol. The van der Waals surface area contributed by atoms with Gasteiger partial charge in [0.1, 0.15) is 81.1 Å². The first-order valence-corrected chi connectivity index (χ1v) is 36.2. The molecule has 0 fully saturated rings. The first-order chi connectivity index (χ1) is 53.5. The summed E-state index contributed by atoms with van der Waals surface area (Å²) in [5.74, 6) is -13.7. The zero-order chi connectivity index (χ0) is 82.4. The second-order valence-electron chi connectivity index (χ2n) is 31.9. The highest BCUT2D eigenvalue weighted by Gasteiger charge is 2.51. The third-order valence-corrected chi connectivity index (χ3v) is 19.6. The zero-order valence-corrected chi connectivity index (χ0v) is 64.0. The van der Waals surface area contributed by atoms with Crippen LogP contribution in [-0.2, 0) is 40.8 Å². The molecule has 0 saturated carbocycles. The highest BCUT2D eigenvalue weighted by molar-refractivity contribution is 6.45. The van der Waals surface area contributed by atoms with E-state index in [0.717, 1.165) is 82.9 Å². The van der Waals surface area contributed by atoms with Gasteiger partial charge in [-0.15, -0.1) is 0 Å². The number of imide groups is 2. The molecule has 13 rings (SSSR count). The van der Waals surface area contributed by atoms with E-state index in [4.69, 9.17) is 37.9 Å². The van der Waals surface area contributed by atoms with Crippen molar-refractivity contribution in [3.63, 3.8) is 0 Å². The van der Waals surface area contributed by atoms with Crippen molar-refractivity contribution in [3.05, 3.63) is 240 Å². The van der Waals surface area contributed by atoms with Crippen LogP contribution < -0.4 is 37.9 Å². The van der Waals surface area contributed by atoms with E-state index in [-0.39, 0.29) is 110 Å². The van der Waals surface area contributed by atoms with Crippen LogP contribution in [0.4, 0.5) is 26.3 Å². The number of esters is 4. The van der Waals surface area contributed by atoms with Crippen LogP contribution in [0.25, 0.3) is 43.1 Å². The van der Waals surface area contributed by atoms with Crippen molar-refractivity contribution in [3.8, 4) is 69.0 Å². The molecule has 584 valence electrons. The van der Waals surface area contributed by atoms with E-state index in [2.05, 4.69) is 13.2 Å². The number of hydrogen-bond acceptors (Lipinski definition) is 16. The number of nitrogens with zero attached hydrogens (tertiary/aromatic N) is 2. The quantitative estimate of drug-likeness (QED) is 0.0132. The lowest BCUT2D eigenvalue weighted by molar-refractivity contribution is -0.160. The maximum Gasteiger partial charge on any atom is 0.391 e. The molecule has 2 unspecified atom stereocenters. The minimum absolute atomic E-state index is 0.0687. The fraction of sp³-hybridized carbons (Fsp3) is 0.244. The fourth-order valence-corrected chi connectivity index (χ4v) is 13.9. The van der Waals surface area contributed by atoms with Gasteiger partial charge in [-0.3, -0.25) is 29.0 Å². The second-order valence-corrected chi connectivity index (χ2v) is 31.9. The van der Waals surface area contributed by atoms with Crippen molar-refractivity contribution < 1.29 is 103 Å². The Kier molecular flexibility index (Phi) is 20.4. The average Bonchev–Trinajstić information content (AvgIpc) is 0.669. The Morgan fingerprint density at radius 2 is 0.553 bits per heavy atom. The minimum Gasteiger partial charge on any atom is -0.457 e. The fourth-order valence-electron chi connectivity index (χ4n) is 13.9. The lowest BCUT2D eigenvalue weighted by atomic mass is 9.80. The Hall–Kier alpha value is -12.9. The monoisotopic (exact) mass is 1550 g/mol. The molecule has 4 amide bonds. The Balaban J connectivity index is 1.18. The zero-order valence-electron chi connectivity index (χ0n) is 64.0. The molecule has 11 aromatic rings. The normalized spacial score (nSPS) is 13.9. The van der Waals surface area contributed by atoms with Crippen LogP contribution in [0.5, 0.6) is 69.0 Å². The Bertz CT molecular complexity index is 5200. The summed E-state index contributed by atoms with van der Waals surface area (Å²) < 4.78 is 143. The number of hydrogen-bond donors (Lipinski definition) is 0. The first-order valence-electron chi connectivity index (χ1n) is 36.2. The highest BCUT2D eigenvalue weighted by atomic mass is 19.4. The lowest BCUT2D eigenvalue weighted by Gasteiger charge is -2.35.